The van der Waals surface area contributed by atoms with Gasteiger partial charge in [0.2, 0.25) is 0 Å². The smallest absolute Gasteiger partial charge is 0.107 e. The number of hydrogen-bond acceptors (Lipinski definition) is 1. The zero-order valence-corrected chi connectivity index (χ0v) is 5.58. The van der Waals surface area contributed by atoms with Crippen LogP contribution in [0.4, 0.5) is 0 Å². The molecule has 1 aromatic rings. The first-order valence-corrected chi connectivity index (χ1v) is 3.13. The SMILES string of the molecule is [O]Cc1cccc(CO)c1. The molecule has 2 heteroatoms. The summed E-state index contributed by atoms with van der Waals surface area (Å²) in [5, 5.41) is 19.0. The van der Waals surface area contributed by atoms with E-state index < -0.39 is 0 Å². The molecule has 1 radical (unpaired) electrons. The van der Waals surface area contributed by atoms with Crippen LogP contribution >= 0.6 is 0 Å². The van der Waals surface area contributed by atoms with Crippen LogP contribution in [-0.2, 0) is 18.3 Å². The molecule has 0 aliphatic heterocycles. The standard InChI is InChI=1S/C8H9O2/c9-5-7-2-1-3-8(4-7)6-10/h1-4,9H,5-6H2. The molecule has 53 valence electrons. The lowest BCUT2D eigenvalue weighted by atomic mass is 10.1. The Bertz CT molecular complexity index is 189. The minimum absolute atomic E-state index is 0.00778. The molecular formula is C8H9O2. The van der Waals surface area contributed by atoms with Crippen molar-refractivity contribution >= 4 is 0 Å². The number of aliphatic hydroxyl groups excluding tert-OH is 1. The van der Waals surface area contributed by atoms with Crippen LogP contribution in [0.25, 0.3) is 0 Å². The van der Waals surface area contributed by atoms with Crippen molar-refractivity contribution in [3.8, 4) is 0 Å². The Kier molecular flexibility index (Phi) is 2.42. The van der Waals surface area contributed by atoms with Crippen molar-refractivity contribution in [3.05, 3.63) is 35.4 Å². The fourth-order valence-electron chi connectivity index (χ4n) is 0.818. The summed E-state index contributed by atoms with van der Waals surface area (Å²) in [5.74, 6) is 0. The van der Waals surface area contributed by atoms with Crippen LogP contribution in [0.3, 0.4) is 0 Å². The predicted molar refractivity (Wildman–Crippen MR) is 36.8 cm³/mol. The minimum Gasteiger partial charge on any atom is -0.392 e. The quantitative estimate of drug-likeness (QED) is 0.651. The van der Waals surface area contributed by atoms with Gasteiger partial charge in [0.25, 0.3) is 0 Å². The molecule has 0 amide bonds. The fraction of sp³-hybridized carbons (Fsp3) is 0.250. The van der Waals surface area contributed by atoms with Crippen molar-refractivity contribution < 1.29 is 10.2 Å². The highest BCUT2D eigenvalue weighted by Crippen LogP contribution is 2.04. The van der Waals surface area contributed by atoms with E-state index in [9.17, 15) is 5.11 Å². The second-order valence-corrected chi connectivity index (χ2v) is 2.12. The molecule has 0 spiro atoms. The van der Waals surface area contributed by atoms with Gasteiger partial charge in [-0.25, -0.2) is 5.11 Å². The molecule has 0 heterocycles. The number of benzene rings is 1. The molecule has 0 bridgehead atoms. The van der Waals surface area contributed by atoms with Gasteiger partial charge in [-0.1, -0.05) is 24.3 Å². The molecule has 1 aromatic carbocycles. The summed E-state index contributed by atoms with van der Waals surface area (Å²) in [6.07, 6.45) is 0. The molecule has 0 unspecified atom stereocenters. The van der Waals surface area contributed by atoms with Crippen molar-refractivity contribution in [2.75, 3.05) is 0 Å². The Labute approximate surface area is 59.7 Å². The van der Waals surface area contributed by atoms with Crippen LogP contribution in [0.2, 0.25) is 0 Å². The third-order valence-corrected chi connectivity index (χ3v) is 1.34. The van der Waals surface area contributed by atoms with Crippen LogP contribution in [0, 0.1) is 0 Å². The van der Waals surface area contributed by atoms with Gasteiger partial charge >= 0.3 is 0 Å². The Morgan fingerprint density at radius 2 is 2.00 bits per heavy atom. The molecule has 2 nitrogen and oxygen atoms in total. The van der Waals surface area contributed by atoms with E-state index in [1.54, 1.807) is 24.3 Å². The van der Waals surface area contributed by atoms with Gasteiger partial charge in [0.15, 0.2) is 0 Å². The van der Waals surface area contributed by atoms with Crippen molar-refractivity contribution in [1.29, 1.82) is 0 Å². The third kappa shape index (κ3) is 1.56. The summed E-state index contributed by atoms with van der Waals surface area (Å²) in [6, 6.07) is 7.04. The molecule has 1 N–H and O–H groups in total. The molecule has 0 fully saturated rings. The molecule has 1 rings (SSSR count). The molecular weight excluding hydrogens is 128 g/mol. The van der Waals surface area contributed by atoms with Crippen molar-refractivity contribution in [1.82, 2.24) is 0 Å². The van der Waals surface area contributed by atoms with Gasteiger partial charge in [0, 0.05) is 0 Å². The lowest BCUT2D eigenvalue weighted by Gasteiger charge is -1.96. The van der Waals surface area contributed by atoms with Crippen LogP contribution in [0.5, 0.6) is 0 Å². The highest BCUT2D eigenvalue weighted by Gasteiger charge is 1.91. The lowest BCUT2D eigenvalue weighted by molar-refractivity contribution is 0.177. The first-order chi connectivity index (χ1) is 4.86. The number of rotatable bonds is 2. The van der Waals surface area contributed by atoms with E-state index in [2.05, 4.69) is 0 Å². The average Bonchev–Trinajstić information content (AvgIpc) is 2.05. The normalized spacial score (nSPS) is 9.80. The van der Waals surface area contributed by atoms with E-state index in [0.29, 0.717) is 0 Å². The summed E-state index contributed by atoms with van der Waals surface area (Å²) in [5.41, 5.74) is 1.53. The predicted octanol–water partition coefficient (Wildman–Crippen LogP) is 1.11. The maximum Gasteiger partial charge on any atom is 0.107 e. The summed E-state index contributed by atoms with van der Waals surface area (Å²) in [4.78, 5) is 0. The van der Waals surface area contributed by atoms with E-state index in [4.69, 9.17) is 5.11 Å². The summed E-state index contributed by atoms with van der Waals surface area (Å²) >= 11 is 0. The zero-order valence-electron chi connectivity index (χ0n) is 5.58. The van der Waals surface area contributed by atoms with E-state index in [-0.39, 0.29) is 13.2 Å². The molecule has 10 heavy (non-hydrogen) atoms. The van der Waals surface area contributed by atoms with Gasteiger partial charge in [0.05, 0.1) is 6.61 Å². The Morgan fingerprint density at radius 3 is 2.60 bits per heavy atom. The Morgan fingerprint density at radius 1 is 1.30 bits per heavy atom. The van der Waals surface area contributed by atoms with Crippen LogP contribution in [-0.4, -0.2) is 5.11 Å². The summed E-state index contributed by atoms with van der Waals surface area (Å²) in [7, 11) is 0. The highest BCUT2D eigenvalue weighted by atomic mass is 16.3. The van der Waals surface area contributed by atoms with E-state index in [1.807, 2.05) is 0 Å². The maximum absolute atomic E-state index is 10.3. The largest absolute Gasteiger partial charge is 0.392 e. The number of aliphatic hydroxyl groups is 1. The molecule has 0 aromatic heterocycles. The van der Waals surface area contributed by atoms with Gasteiger partial charge in [-0.2, -0.15) is 0 Å². The second-order valence-electron chi connectivity index (χ2n) is 2.12. The highest BCUT2D eigenvalue weighted by molar-refractivity contribution is 5.21. The molecule has 0 saturated carbocycles. The lowest BCUT2D eigenvalue weighted by Crippen LogP contribution is -1.85. The van der Waals surface area contributed by atoms with Gasteiger partial charge in [-0.3, -0.25) is 0 Å². The van der Waals surface area contributed by atoms with E-state index in [1.165, 1.54) is 0 Å². The van der Waals surface area contributed by atoms with Crippen molar-refractivity contribution in [2.45, 2.75) is 13.2 Å². The third-order valence-electron chi connectivity index (χ3n) is 1.34. The van der Waals surface area contributed by atoms with Crippen LogP contribution in [0.15, 0.2) is 24.3 Å². The first kappa shape index (κ1) is 7.25. The molecule has 0 aliphatic carbocycles. The fourth-order valence-corrected chi connectivity index (χ4v) is 0.818. The van der Waals surface area contributed by atoms with Gasteiger partial charge in [-0.05, 0) is 11.1 Å². The van der Waals surface area contributed by atoms with Crippen molar-refractivity contribution in [3.63, 3.8) is 0 Å². The van der Waals surface area contributed by atoms with Crippen LogP contribution in [0.1, 0.15) is 11.1 Å². The number of hydrogen-bond donors (Lipinski definition) is 1. The van der Waals surface area contributed by atoms with Crippen LogP contribution < -0.4 is 0 Å². The molecule has 0 saturated heterocycles. The zero-order chi connectivity index (χ0) is 7.40. The Balaban J connectivity index is 2.87. The monoisotopic (exact) mass is 137 g/mol. The summed E-state index contributed by atoms with van der Waals surface area (Å²) in [6.45, 7) is -0.207. The topological polar surface area (TPSA) is 40.1 Å². The Hall–Kier alpha value is -0.860. The molecule has 0 aliphatic rings. The van der Waals surface area contributed by atoms with E-state index >= 15 is 0 Å². The van der Waals surface area contributed by atoms with E-state index in [0.717, 1.165) is 11.1 Å². The average molecular weight is 137 g/mol. The van der Waals surface area contributed by atoms with Gasteiger partial charge in [-0.15, -0.1) is 0 Å². The second kappa shape index (κ2) is 3.34. The van der Waals surface area contributed by atoms with Gasteiger partial charge < -0.3 is 5.11 Å². The maximum atomic E-state index is 10.3. The van der Waals surface area contributed by atoms with Gasteiger partial charge in [0.1, 0.15) is 6.61 Å². The summed E-state index contributed by atoms with van der Waals surface area (Å²) < 4.78 is 0. The van der Waals surface area contributed by atoms with Crippen molar-refractivity contribution in [2.24, 2.45) is 0 Å². The first-order valence-electron chi connectivity index (χ1n) is 3.13. The minimum atomic E-state index is -0.214. The molecule has 0 atom stereocenters.